The summed E-state index contributed by atoms with van der Waals surface area (Å²) in [5, 5.41) is 20.5. The minimum Gasteiger partial charge on any atom is -0.497 e. The molecule has 0 unspecified atom stereocenters. The van der Waals surface area contributed by atoms with Crippen molar-refractivity contribution in [3.8, 4) is 16.3 Å². The second-order valence-corrected chi connectivity index (χ2v) is 5.25. The SMILES string of the molecule is COc1ccc([N+](=O)[O-])c(-c2nnc(C(C)C)s2)c1. The number of hydrogen-bond acceptors (Lipinski definition) is 6. The van der Waals surface area contributed by atoms with Crippen LogP contribution in [0.25, 0.3) is 10.6 Å². The lowest BCUT2D eigenvalue weighted by Crippen LogP contribution is -1.93. The number of ether oxygens (including phenoxy) is 1. The summed E-state index contributed by atoms with van der Waals surface area (Å²) in [7, 11) is 1.52. The largest absolute Gasteiger partial charge is 0.497 e. The smallest absolute Gasteiger partial charge is 0.279 e. The van der Waals surface area contributed by atoms with Crippen molar-refractivity contribution in [2.75, 3.05) is 7.11 Å². The molecule has 0 atom stereocenters. The van der Waals surface area contributed by atoms with Crippen molar-refractivity contribution in [2.45, 2.75) is 19.8 Å². The number of nitro benzene ring substituents is 1. The second kappa shape index (κ2) is 5.31. The third-order valence-corrected chi connectivity index (χ3v) is 3.82. The monoisotopic (exact) mass is 279 g/mol. The minimum absolute atomic E-state index is 0.00672. The van der Waals surface area contributed by atoms with Gasteiger partial charge in [-0.1, -0.05) is 25.2 Å². The van der Waals surface area contributed by atoms with Gasteiger partial charge in [-0.25, -0.2) is 0 Å². The molecule has 0 N–H and O–H groups in total. The van der Waals surface area contributed by atoms with Gasteiger partial charge in [0, 0.05) is 12.0 Å². The third-order valence-electron chi connectivity index (χ3n) is 2.57. The number of benzene rings is 1. The first-order valence-electron chi connectivity index (χ1n) is 5.69. The molecule has 0 bridgehead atoms. The zero-order valence-electron chi connectivity index (χ0n) is 10.8. The average molecular weight is 279 g/mol. The Hall–Kier alpha value is -2.02. The summed E-state index contributed by atoms with van der Waals surface area (Å²) in [6.45, 7) is 4.01. The predicted octanol–water partition coefficient (Wildman–Crippen LogP) is 3.25. The number of nitrogens with zero attached hydrogens (tertiary/aromatic N) is 3. The molecule has 0 aliphatic carbocycles. The Bertz CT molecular complexity index is 610. The Labute approximate surface area is 114 Å². The fraction of sp³-hybridized carbons (Fsp3) is 0.333. The molecular weight excluding hydrogens is 266 g/mol. The number of nitro groups is 1. The highest BCUT2D eigenvalue weighted by Gasteiger charge is 2.20. The van der Waals surface area contributed by atoms with Crippen molar-refractivity contribution in [3.63, 3.8) is 0 Å². The first-order valence-corrected chi connectivity index (χ1v) is 6.50. The van der Waals surface area contributed by atoms with E-state index >= 15 is 0 Å². The van der Waals surface area contributed by atoms with E-state index < -0.39 is 4.92 Å². The Morgan fingerprint density at radius 2 is 2.11 bits per heavy atom. The van der Waals surface area contributed by atoms with Gasteiger partial charge in [-0.05, 0) is 12.1 Å². The van der Waals surface area contributed by atoms with Gasteiger partial charge in [0.25, 0.3) is 5.69 Å². The van der Waals surface area contributed by atoms with E-state index in [1.165, 1.54) is 24.5 Å². The van der Waals surface area contributed by atoms with Crippen LogP contribution in [0.15, 0.2) is 18.2 Å². The van der Waals surface area contributed by atoms with E-state index in [-0.39, 0.29) is 11.6 Å². The van der Waals surface area contributed by atoms with Gasteiger partial charge in [-0.2, -0.15) is 0 Å². The maximum atomic E-state index is 11.1. The van der Waals surface area contributed by atoms with Crippen LogP contribution in [-0.4, -0.2) is 22.2 Å². The molecule has 2 aromatic rings. The molecule has 0 fully saturated rings. The van der Waals surface area contributed by atoms with Gasteiger partial charge >= 0.3 is 0 Å². The maximum Gasteiger partial charge on any atom is 0.279 e. The topological polar surface area (TPSA) is 78.2 Å². The van der Waals surface area contributed by atoms with E-state index in [0.717, 1.165) is 5.01 Å². The summed E-state index contributed by atoms with van der Waals surface area (Å²) in [5.41, 5.74) is 0.445. The van der Waals surface area contributed by atoms with Gasteiger partial charge in [0.1, 0.15) is 10.8 Å². The Kier molecular flexibility index (Phi) is 3.75. The molecule has 7 heteroatoms. The van der Waals surface area contributed by atoms with E-state index in [1.54, 1.807) is 12.1 Å². The van der Waals surface area contributed by atoms with Crippen molar-refractivity contribution in [1.29, 1.82) is 0 Å². The molecule has 0 aliphatic rings. The van der Waals surface area contributed by atoms with Crippen molar-refractivity contribution >= 4 is 17.0 Å². The average Bonchev–Trinajstić information content (AvgIpc) is 2.87. The molecule has 0 radical (unpaired) electrons. The first kappa shape index (κ1) is 13.4. The molecule has 0 saturated heterocycles. The standard InChI is InChI=1S/C12H13N3O3S/c1-7(2)11-13-14-12(19-11)9-6-8(18-3)4-5-10(9)15(16)17/h4-7H,1-3H3. The lowest BCUT2D eigenvalue weighted by Gasteiger charge is -2.02. The lowest BCUT2D eigenvalue weighted by atomic mass is 10.2. The van der Waals surface area contributed by atoms with E-state index in [9.17, 15) is 10.1 Å². The summed E-state index contributed by atoms with van der Waals surface area (Å²) in [4.78, 5) is 10.6. The maximum absolute atomic E-state index is 11.1. The van der Waals surface area contributed by atoms with Gasteiger partial charge in [0.15, 0.2) is 5.01 Å². The van der Waals surface area contributed by atoms with Crippen LogP contribution >= 0.6 is 11.3 Å². The van der Waals surface area contributed by atoms with Crippen LogP contribution in [0.5, 0.6) is 5.75 Å². The summed E-state index contributed by atoms with van der Waals surface area (Å²) in [6, 6.07) is 4.60. The highest BCUT2D eigenvalue weighted by molar-refractivity contribution is 7.14. The summed E-state index contributed by atoms with van der Waals surface area (Å²) >= 11 is 1.36. The molecule has 1 aromatic carbocycles. The molecule has 0 amide bonds. The van der Waals surface area contributed by atoms with Crippen LogP contribution in [0.2, 0.25) is 0 Å². The van der Waals surface area contributed by atoms with Gasteiger partial charge in [0.05, 0.1) is 17.6 Å². The molecule has 0 spiro atoms. The minimum atomic E-state index is -0.425. The third kappa shape index (κ3) is 2.70. The van der Waals surface area contributed by atoms with E-state index in [2.05, 4.69) is 10.2 Å². The van der Waals surface area contributed by atoms with Crippen molar-refractivity contribution < 1.29 is 9.66 Å². The van der Waals surface area contributed by atoms with Gasteiger partial charge in [-0.15, -0.1) is 10.2 Å². The zero-order chi connectivity index (χ0) is 14.0. The quantitative estimate of drug-likeness (QED) is 0.634. The summed E-state index contributed by atoms with van der Waals surface area (Å²) in [5.74, 6) is 0.804. The van der Waals surface area contributed by atoms with Gasteiger partial charge in [0.2, 0.25) is 0 Å². The molecule has 0 aliphatic heterocycles. The zero-order valence-corrected chi connectivity index (χ0v) is 11.6. The van der Waals surface area contributed by atoms with Crippen LogP contribution < -0.4 is 4.74 Å². The predicted molar refractivity (Wildman–Crippen MR) is 72.6 cm³/mol. The number of aromatic nitrogens is 2. The Morgan fingerprint density at radius 1 is 1.37 bits per heavy atom. The molecule has 6 nitrogen and oxygen atoms in total. The molecule has 2 rings (SSSR count). The first-order chi connectivity index (χ1) is 9.02. The van der Waals surface area contributed by atoms with Crippen LogP contribution in [-0.2, 0) is 0 Å². The summed E-state index contributed by atoms with van der Waals surface area (Å²) in [6.07, 6.45) is 0. The molecule has 0 saturated carbocycles. The second-order valence-electron chi connectivity index (χ2n) is 4.24. The number of rotatable bonds is 4. The fourth-order valence-electron chi connectivity index (χ4n) is 1.55. The van der Waals surface area contributed by atoms with Gasteiger partial charge < -0.3 is 4.74 Å². The van der Waals surface area contributed by atoms with E-state index in [0.29, 0.717) is 16.3 Å². The van der Waals surface area contributed by atoms with E-state index in [4.69, 9.17) is 4.74 Å². The molecule has 1 heterocycles. The number of hydrogen-bond donors (Lipinski definition) is 0. The lowest BCUT2D eigenvalue weighted by molar-refractivity contribution is -0.384. The fourth-order valence-corrected chi connectivity index (χ4v) is 2.42. The highest BCUT2D eigenvalue weighted by atomic mass is 32.1. The molecule has 1 aromatic heterocycles. The van der Waals surface area contributed by atoms with Crippen LogP contribution in [0, 0.1) is 10.1 Å². The Morgan fingerprint density at radius 3 is 2.63 bits per heavy atom. The molecule has 100 valence electrons. The van der Waals surface area contributed by atoms with Crippen LogP contribution in [0.3, 0.4) is 0 Å². The summed E-state index contributed by atoms with van der Waals surface area (Å²) < 4.78 is 5.10. The highest BCUT2D eigenvalue weighted by Crippen LogP contribution is 2.36. The van der Waals surface area contributed by atoms with Crippen LogP contribution in [0.1, 0.15) is 24.8 Å². The van der Waals surface area contributed by atoms with Crippen molar-refractivity contribution in [2.24, 2.45) is 0 Å². The Balaban J connectivity index is 2.54. The van der Waals surface area contributed by atoms with Gasteiger partial charge in [-0.3, -0.25) is 10.1 Å². The normalized spacial score (nSPS) is 10.7. The molecular formula is C12H13N3O3S. The van der Waals surface area contributed by atoms with Crippen molar-refractivity contribution in [3.05, 3.63) is 33.3 Å². The van der Waals surface area contributed by atoms with Crippen molar-refractivity contribution in [1.82, 2.24) is 10.2 Å². The molecule has 19 heavy (non-hydrogen) atoms. The van der Waals surface area contributed by atoms with Crippen LogP contribution in [0.4, 0.5) is 5.69 Å². The number of methoxy groups -OCH3 is 1. The van der Waals surface area contributed by atoms with E-state index in [1.807, 2.05) is 13.8 Å².